The number of amides is 1. The molecule has 1 saturated carbocycles. The van der Waals surface area contributed by atoms with Gasteiger partial charge in [0.25, 0.3) is 0 Å². The molecule has 1 amide bonds. The Balaban J connectivity index is 2.07. The van der Waals surface area contributed by atoms with Crippen LogP contribution in [0.15, 0.2) is 0 Å². The minimum absolute atomic E-state index is 0.138. The van der Waals surface area contributed by atoms with Crippen LogP contribution in [0.2, 0.25) is 0 Å². The Kier molecular flexibility index (Phi) is 1.74. The minimum atomic E-state index is -0.156. The molecule has 0 N–H and O–H groups in total. The van der Waals surface area contributed by atoms with Crippen molar-refractivity contribution in [1.82, 2.24) is 4.90 Å². The van der Waals surface area contributed by atoms with E-state index in [4.69, 9.17) is 4.74 Å². The predicted octanol–water partition coefficient (Wildman–Crippen LogP) is 1.59. The summed E-state index contributed by atoms with van der Waals surface area (Å²) in [5.74, 6) is 0. The van der Waals surface area contributed by atoms with E-state index in [1.54, 1.807) is 11.9 Å². The maximum atomic E-state index is 11.1. The van der Waals surface area contributed by atoms with Gasteiger partial charge in [-0.2, -0.15) is 0 Å². The summed E-state index contributed by atoms with van der Waals surface area (Å²) >= 11 is 0. The van der Waals surface area contributed by atoms with Gasteiger partial charge in [-0.15, -0.1) is 0 Å². The second-order valence-corrected chi connectivity index (χ2v) is 3.77. The smallest absolute Gasteiger partial charge is 0.410 e. The summed E-state index contributed by atoms with van der Waals surface area (Å²) in [4.78, 5) is 12.8. The highest BCUT2D eigenvalue weighted by Gasteiger charge is 2.43. The Morgan fingerprint density at radius 1 is 1.50 bits per heavy atom. The summed E-state index contributed by atoms with van der Waals surface area (Å²) in [6.07, 6.45) is 6.29. The fraction of sp³-hybridized carbons (Fsp3) is 0.778. The molecule has 1 saturated heterocycles. The average molecular weight is 168 g/mol. The van der Waals surface area contributed by atoms with Crippen molar-refractivity contribution in [3.05, 3.63) is 6.42 Å². The van der Waals surface area contributed by atoms with Gasteiger partial charge in [-0.05, 0) is 32.1 Å². The summed E-state index contributed by atoms with van der Waals surface area (Å²) < 4.78 is 5.37. The van der Waals surface area contributed by atoms with Crippen LogP contribution >= 0.6 is 0 Å². The van der Waals surface area contributed by atoms with Gasteiger partial charge in [0.1, 0.15) is 5.60 Å². The molecule has 0 bridgehead atoms. The highest BCUT2D eigenvalue weighted by atomic mass is 16.6. The van der Waals surface area contributed by atoms with Crippen LogP contribution in [0.1, 0.15) is 25.7 Å². The zero-order chi connectivity index (χ0) is 8.60. The van der Waals surface area contributed by atoms with Crippen LogP contribution in [0.5, 0.6) is 0 Å². The number of carbonyl (C=O) groups is 1. The fourth-order valence-corrected chi connectivity index (χ4v) is 2.05. The Bertz CT molecular complexity index is 197. The highest BCUT2D eigenvalue weighted by Crippen LogP contribution is 2.35. The molecule has 1 heterocycles. The van der Waals surface area contributed by atoms with Gasteiger partial charge in [-0.25, -0.2) is 4.79 Å². The largest absolute Gasteiger partial charge is 0.441 e. The summed E-state index contributed by atoms with van der Waals surface area (Å²) in [5, 5.41) is 0. The van der Waals surface area contributed by atoms with E-state index in [1.165, 1.54) is 0 Å². The molecule has 3 nitrogen and oxygen atoms in total. The quantitative estimate of drug-likeness (QED) is 0.549. The number of ether oxygens (including phenoxy) is 1. The molecule has 0 aromatic rings. The number of nitrogens with zero attached hydrogens (tertiary/aromatic N) is 1. The van der Waals surface area contributed by atoms with Crippen LogP contribution in [-0.2, 0) is 4.74 Å². The van der Waals surface area contributed by atoms with Gasteiger partial charge in [0.2, 0.25) is 0 Å². The molecule has 2 fully saturated rings. The van der Waals surface area contributed by atoms with Crippen molar-refractivity contribution in [2.45, 2.75) is 31.3 Å². The minimum Gasteiger partial charge on any atom is -0.441 e. The molecule has 0 atom stereocenters. The lowest BCUT2D eigenvalue weighted by Crippen LogP contribution is -2.35. The van der Waals surface area contributed by atoms with Gasteiger partial charge >= 0.3 is 6.09 Å². The van der Waals surface area contributed by atoms with Gasteiger partial charge in [0.15, 0.2) is 0 Å². The zero-order valence-electron chi connectivity index (χ0n) is 7.38. The topological polar surface area (TPSA) is 29.5 Å². The molecule has 1 aliphatic heterocycles. The second-order valence-electron chi connectivity index (χ2n) is 3.77. The van der Waals surface area contributed by atoms with Crippen molar-refractivity contribution in [3.63, 3.8) is 0 Å². The molecule has 12 heavy (non-hydrogen) atoms. The standard InChI is InChI=1S/C9H14NO2/c1-10-7-9(12-8(10)11)5-3-2-4-6-9/h2H,3-7H2,1H3. The van der Waals surface area contributed by atoms with Crippen LogP contribution in [0.25, 0.3) is 0 Å². The average Bonchev–Trinajstić information content (AvgIpc) is 2.29. The normalized spacial score (nSPS) is 27.8. The second kappa shape index (κ2) is 2.64. The Labute approximate surface area is 72.7 Å². The summed E-state index contributed by atoms with van der Waals surface area (Å²) in [7, 11) is 1.80. The summed E-state index contributed by atoms with van der Waals surface area (Å²) in [6, 6.07) is 0. The van der Waals surface area contributed by atoms with E-state index in [9.17, 15) is 4.79 Å². The molecule has 1 radical (unpaired) electrons. The van der Waals surface area contributed by atoms with Crippen molar-refractivity contribution < 1.29 is 9.53 Å². The molecule has 2 aliphatic rings. The Morgan fingerprint density at radius 2 is 2.17 bits per heavy atom. The third-order valence-corrected chi connectivity index (χ3v) is 2.75. The van der Waals surface area contributed by atoms with Gasteiger partial charge < -0.3 is 9.64 Å². The molecule has 2 rings (SSSR count). The highest BCUT2D eigenvalue weighted by molar-refractivity contribution is 5.70. The van der Waals surface area contributed by atoms with Crippen molar-refractivity contribution in [2.75, 3.05) is 13.6 Å². The van der Waals surface area contributed by atoms with E-state index in [1.807, 2.05) is 0 Å². The molecule has 67 valence electrons. The monoisotopic (exact) mass is 168 g/mol. The fourth-order valence-electron chi connectivity index (χ4n) is 2.05. The Hall–Kier alpha value is -0.730. The Morgan fingerprint density at radius 3 is 2.67 bits per heavy atom. The van der Waals surface area contributed by atoms with Crippen LogP contribution in [0.4, 0.5) is 4.79 Å². The first kappa shape index (κ1) is 7.90. The molecule has 3 heteroatoms. The van der Waals surface area contributed by atoms with Gasteiger partial charge in [0.05, 0.1) is 6.54 Å². The predicted molar refractivity (Wildman–Crippen MR) is 44.6 cm³/mol. The van der Waals surface area contributed by atoms with Gasteiger partial charge in [-0.1, -0.05) is 0 Å². The van der Waals surface area contributed by atoms with E-state index in [-0.39, 0.29) is 11.7 Å². The maximum absolute atomic E-state index is 11.1. The maximum Gasteiger partial charge on any atom is 0.410 e. The molecular weight excluding hydrogens is 154 g/mol. The van der Waals surface area contributed by atoms with Crippen LogP contribution in [0.3, 0.4) is 0 Å². The van der Waals surface area contributed by atoms with Crippen LogP contribution < -0.4 is 0 Å². The number of hydrogen-bond acceptors (Lipinski definition) is 2. The zero-order valence-corrected chi connectivity index (χ0v) is 7.38. The molecule has 1 aliphatic carbocycles. The lowest BCUT2D eigenvalue weighted by Gasteiger charge is -2.30. The lowest BCUT2D eigenvalue weighted by atomic mass is 9.85. The van der Waals surface area contributed by atoms with Crippen molar-refractivity contribution >= 4 is 6.09 Å². The van der Waals surface area contributed by atoms with E-state index in [0.717, 1.165) is 32.2 Å². The summed E-state index contributed by atoms with van der Waals surface area (Å²) in [5.41, 5.74) is -0.138. The van der Waals surface area contributed by atoms with Crippen LogP contribution in [-0.4, -0.2) is 30.2 Å². The van der Waals surface area contributed by atoms with Gasteiger partial charge in [0, 0.05) is 7.05 Å². The molecule has 0 unspecified atom stereocenters. The summed E-state index contributed by atoms with van der Waals surface area (Å²) in [6.45, 7) is 0.777. The van der Waals surface area contributed by atoms with E-state index in [0.29, 0.717) is 0 Å². The number of hydrogen-bond donors (Lipinski definition) is 0. The van der Waals surface area contributed by atoms with Crippen molar-refractivity contribution in [1.29, 1.82) is 0 Å². The van der Waals surface area contributed by atoms with Crippen molar-refractivity contribution in [3.8, 4) is 0 Å². The number of likely N-dealkylation sites (N-methyl/N-ethyl adjacent to an activating group) is 1. The van der Waals surface area contributed by atoms with Crippen LogP contribution in [0, 0.1) is 6.42 Å². The number of carbonyl (C=O) groups excluding carboxylic acids is 1. The molecule has 1 spiro atoms. The van der Waals surface area contributed by atoms with E-state index >= 15 is 0 Å². The first-order valence-corrected chi connectivity index (χ1v) is 4.48. The SMILES string of the molecule is CN1CC2(CC[CH]CC2)OC1=O. The number of rotatable bonds is 0. The molecule has 0 aromatic heterocycles. The first-order valence-electron chi connectivity index (χ1n) is 4.48. The van der Waals surface area contributed by atoms with Crippen molar-refractivity contribution in [2.24, 2.45) is 0 Å². The van der Waals surface area contributed by atoms with Gasteiger partial charge in [-0.3, -0.25) is 0 Å². The third kappa shape index (κ3) is 1.17. The van der Waals surface area contributed by atoms with E-state index in [2.05, 4.69) is 6.42 Å². The van der Waals surface area contributed by atoms with E-state index < -0.39 is 0 Å². The third-order valence-electron chi connectivity index (χ3n) is 2.75. The lowest BCUT2D eigenvalue weighted by molar-refractivity contribution is 0.0339. The first-order chi connectivity index (χ1) is 5.72. The molecule has 0 aromatic carbocycles. The molecular formula is C9H14NO2.